The third-order valence-electron chi connectivity index (χ3n) is 2.92. The van der Waals surface area contributed by atoms with Crippen LogP contribution in [0, 0.1) is 6.92 Å². The molecule has 1 rings (SSSR count). The molecule has 0 heterocycles. The molecule has 0 aliphatic heterocycles. The van der Waals surface area contributed by atoms with Crippen LogP contribution in [0.3, 0.4) is 0 Å². The van der Waals surface area contributed by atoms with Crippen LogP contribution in [0.5, 0.6) is 0 Å². The Morgan fingerprint density at radius 3 is 2.75 bits per heavy atom. The number of ether oxygens (including phenoxy) is 1. The van der Waals surface area contributed by atoms with E-state index in [1.54, 1.807) is 0 Å². The summed E-state index contributed by atoms with van der Waals surface area (Å²) in [6, 6.07) is 6.12. The molecule has 0 fully saturated rings. The second-order valence-corrected chi connectivity index (χ2v) is 5.25. The van der Waals surface area contributed by atoms with Gasteiger partial charge in [-0.25, -0.2) is 0 Å². The van der Waals surface area contributed by atoms with Gasteiger partial charge in [-0.1, -0.05) is 17.7 Å². The molecule has 1 aromatic rings. The SMILES string of the molecule is CCOCCCC(=O)Nc1ccc(C)cc1CN(C)C. The van der Waals surface area contributed by atoms with Gasteiger partial charge >= 0.3 is 0 Å². The Morgan fingerprint density at radius 1 is 1.35 bits per heavy atom. The highest BCUT2D eigenvalue weighted by atomic mass is 16.5. The van der Waals surface area contributed by atoms with Crippen molar-refractivity contribution in [2.24, 2.45) is 0 Å². The predicted molar refractivity (Wildman–Crippen MR) is 82.9 cm³/mol. The van der Waals surface area contributed by atoms with E-state index >= 15 is 0 Å². The lowest BCUT2D eigenvalue weighted by Gasteiger charge is -2.16. The molecule has 0 atom stereocenters. The van der Waals surface area contributed by atoms with Gasteiger partial charge in [-0.05, 0) is 46.0 Å². The average molecular weight is 278 g/mol. The van der Waals surface area contributed by atoms with Crippen molar-refractivity contribution < 1.29 is 9.53 Å². The summed E-state index contributed by atoms with van der Waals surface area (Å²) in [6.45, 7) is 6.18. The molecule has 4 heteroatoms. The summed E-state index contributed by atoms with van der Waals surface area (Å²) < 4.78 is 5.24. The number of aryl methyl sites for hydroxylation is 1. The summed E-state index contributed by atoms with van der Waals surface area (Å²) in [6.07, 6.45) is 1.25. The first kappa shape index (κ1) is 16.7. The van der Waals surface area contributed by atoms with Gasteiger partial charge in [0.1, 0.15) is 0 Å². The molecule has 112 valence electrons. The summed E-state index contributed by atoms with van der Waals surface area (Å²) >= 11 is 0. The number of anilines is 1. The second-order valence-electron chi connectivity index (χ2n) is 5.25. The zero-order chi connectivity index (χ0) is 15.0. The maximum Gasteiger partial charge on any atom is 0.224 e. The van der Waals surface area contributed by atoms with Crippen molar-refractivity contribution in [2.75, 3.05) is 32.6 Å². The Morgan fingerprint density at radius 2 is 2.10 bits per heavy atom. The number of nitrogens with zero attached hydrogens (tertiary/aromatic N) is 1. The molecule has 20 heavy (non-hydrogen) atoms. The van der Waals surface area contributed by atoms with Crippen molar-refractivity contribution in [3.8, 4) is 0 Å². The number of amides is 1. The van der Waals surface area contributed by atoms with Gasteiger partial charge in [0.2, 0.25) is 5.91 Å². The lowest BCUT2D eigenvalue weighted by Crippen LogP contribution is -2.17. The van der Waals surface area contributed by atoms with E-state index in [2.05, 4.69) is 23.2 Å². The number of hydrogen-bond acceptors (Lipinski definition) is 3. The number of hydrogen-bond donors (Lipinski definition) is 1. The molecule has 0 saturated carbocycles. The molecule has 4 nitrogen and oxygen atoms in total. The fourth-order valence-electron chi connectivity index (χ4n) is 2.01. The first-order chi connectivity index (χ1) is 9.52. The molecule has 0 unspecified atom stereocenters. The Bertz CT molecular complexity index is 430. The Labute approximate surface area is 122 Å². The number of carbonyl (C=O) groups is 1. The topological polar surface area (TPSA) is 41.6 Å². The van der Waals surface area contributed by atoms with Crippen LogP contribution < -0.4 is 5.32 Å². The van der Waals surface area contributed by atoms with Crippen molar-refractivity contribution in [2.45, 2.75) is 33.2 Å². The van der Waals surface area contributed by atoms with Crippen LogP contribution in [0.4, 0.5) is 5.69 Å². The summed E-state index contributed by atoms with van der Waals surface area (Å²) in [5.41, 5.74) is 3.26. The Balaban J connectivity index is 2.59. The summed E-state index contributed by atoms with van der Waals surface area (Å²) in [7, 11) is 4.05. The van der Waals surface area contributed by atoms with Gasteiger partial charge in [0.25, 0.3) is 0 Å². The lowest BCUT2D eigenvalue weighted by molar-refractivity contribution is -0.116. The normalized spacial score (nSPS) is 10.8. The molecular weight excluding hydrogens is 252 g/mol. The molecular formula is C16H26N2O2. The van der Waals surface area contributed by atoms with Crippen LogP contribution >= 0.6 is 0 Å². The quantitative estimate of drug-likeness (QED) is 0.743. The summed E-state index contributed by atoms with van der Waals surface area (Å²) in [5, 5.41) is 3.00. The van der Waals surface area contributed by atoms with Crippen molar-refractivity contribution in [3.63, 3.8) is 0 Å². The minimum atomic E-state index is 0.0496. The zero-order valence-electron chi connectivity index (χ0n) is 13.0. The first-order valence-corrected chi connectivity index (χ1v) is 7.14. The van der Waals surface area contributed by atoms with E-state index in [4.69, 9.17) is 4.74 Å². The highest BCUT2D eigenvalue weighted by Crippen LogP contribution is 2.19. The van der Waals surface area contributed by atoms with Crippen LogP contribution in [0.1, 0.15) is 30.9 Å². The number of rotatable bonds is 8. The van der Waals surface area contributed by atoms with Gasteiger partial charge < -0.3 is 15.0 Å². The van der Waals surface area contributed by atoms with Crippen LogP contribution in [0.2, 0.25) is 0 Å². The summed E-state index contributed by atoms with van der Waals surface area (Å²) in [4.78, 5) is 14.0. The molecule has 0 radical (unpaired) electrons. The van der Waals surface area contributed by atoms with E-state index in [9.17, 15) is 4.79 Å². The van der Waals surface area contributed by atoms with Gasteiger partial charge in [0, 0.05) is 31.9 Å². The standard InChI is InChI=1S/C16H26N2O2/c1-5-20-10-6-7-16(19)17-15-9-8-13(2)11-14(15)12-18(3)4/h8-9,11H,5-7,10,12H2,1-4H3,(H,17,19). The molecule has 0 aliphatic carbocycles. The molecule has 0 spiro atoms. The van der Waals surface area contributed by atoms with Gasteiger partial charge in [-0.3, -0.25) is 4.79 Å². The minimum Gasteiger partial charge on any atom is -0.382 e. The van der Waals surface area contributed by atoms with Gasteiger partial charge in [-0.15, -0.1) is 0 Å². The number of carbonyl (C=O) groups excluding carboxylic acids is 1. The van der Waals surface area contributed by atoms with Crippen molar-refractivity contribution >= 4 is 11.6 Å². The predicted octanol–water partition coefficient (Wildman–Crippen LogP) is 2.81. The number of benzene rings is 1. The smallest absolute Gasteiger partial charge is 0.224 e. The maximum atomic E-state index is 11.9. The monoisotopic (exact) mass is 278 g/mol. The molecule has 0 bridgehead atoms. The van der Waals surface area contributed by atoms with Gasteiger partial charge in [0.05, 0.1) is 0 Å². The highest BCUT2D eigenvalue weighted by Gasteiger charge is 2.08. The van der Waals surface area contributed by atoms with Crippen molar-refractivity contribution in [1.82, 2.24) is 4.90 Å². The van der Waals surface area contributed by atoms with E-state index in [-0.39, 0.29) is 5.91 Å². The Hall–Kier alpha value is -1.39. The maximum absolute atomic E-state index is 11.9. The molecule has 0 aromatic heterocycles. The molecule has 0 aliphatic rings. The van der Waals surface area contributed by atoms with Crippen LogP contribution in [-0.4, -0.2) is 38.1 Å². The van der Waals surface area contributed by atoms with E-state index in [1.807, 2.05) is 33.2 Å². The van der Waals surface area contributed by atoms with Crippen molar-refractivity contribution in [1.29, 1.82) is 0 Å². The minimum absolute atomic E-state index is 0.0496. The fraction of sp³-hybridized carbons (Fsp3) is 0.562. The third kappa shape index (κ3) is 6.17. The van der Waals surface area contributed by atoms with Crippen LogP contribution in [0.15, 0.2) is 18.2 Å². The fourth-order valence-corrected chi connectivity index (χ4v) is 2.01. The van der Waals surface area contributed by atoms with Gasteiger partial charge in [0.15, 0.2) is 0 Å². The average Bonchev–Trinajstić information content (AvgIpc) is 2.37. The lowest BCUT2D eigenvalue weighted by atomic mass is 10.1. The highest BCUT2D eigenvalue weighted by molar-refractivity contribution is 5.91. The molecule has 1 aromatic carbocycles. The Kier molecular flexibility index (Phi) is 7.26. The van der Waals surface area contributed by atoms with Crippen LogP contribution in [0.25, 0.3) is 0 Å². The summed E-state index contributed by atoms with van der Waals surface area (Å²) in [5.74, 6) is 0.0496. The van der Waals surface area contributed by atoms with E-state index in [0.29, 0.717) is 19.6 Å². The van der Waals surface area contributed by atoms with E-state index in [1.165, 1.54) is 5.56 Å². The second kappa shape index (κ2) is 8.72. The third-order valence-corrected chi connectivity index (χ3v) is 2.92. The number of nitrogens with one attached hydrogen (secondary N) is 1. The molecule has 1 N–H and O–H groups in total. The molecule has 0 saturated heterocycles. The first-order valence-electron chi connectivity index (χ1n) is 7.14. The largest absolute Gasteiger partial charge is 0.382 e. The zero-order valence-corrected chi connectivity index (χ0v) is 13.0. The molecule has 1 amide bonds. The van der Waals surface area contributed by atoms with Crippen molar-refractivity contribution in [3.05, 3.63) is 29.3 Å². The van der Waals surface area contributed by atoms with E-state index < -0.39 is 0 Å². The van der Waals surface area contributed by atoms with Crippen LogP contribution in [-0.2, 0) is 16.1 Å². The van der Waals surface area contributed by atoms with Gasteiger partial charge in [-0.2, -0.15) is 0 Å². The van der Waals surface area contributed by atoms with E-state index in [0.717, 1.165) is 24.2 Å².